The fourth-order valence-electron chi connectivity index (χ4n) is 3.81. The number of anilines is 1. The summed E-state index contributed by atoms with van der Waals surface area (Å²) < 4.78 is 18.6. The van der Waals surface area contributed by atoms with Crippen LogP contribution in [0.1, 0.15) is 29.7 Å². The van der Waals surface area contributed by atoms with E-state index in [0.717, 1.165) is 11.1 Å². The summed E-state index contributed by atoms with van der Waals surface area (Å²) in [7, 11) is 1.59. The van der Waals surface area contributed by atoms with E-state index in [1.165, 1.54) is 18.0 Å². The summed E-state index contributed by atoms with van der Waals surface area (Å²) in [6.45, 7) is 7.99. The van der Waals surface area contributed by atoms with Gasteiger partial charge in [-0.25, -0.2) is 9.48 Å². The highest BCUT2D eigenvalue weighted by Crippen LogP contribution is 2.39. The van der Waals surface area contributed by atoms with E-state index in [2.05, 4.69) is 28.0 Å². The number of rotatable bonds is 8. The number of carbonyl (C=O) groups excluding carboxylic acids is 1. The molecule has 0 spiro atoms. The first kappa shape index (κ1) is 22.1. The molecule has 1 atom stereocenters. The second-order valence-electron chi connectivity index (χ2n) is 7.67. The number of benzene rings is 2. The second-order valence-corrected chi connectivity index (χ2v) is 7.67. The molecule has 1 unspecified atom stereocenters. The van der Waals surface area contributed by atoms with Gasteiger partial charge in [0.05, 0.1) is 12.7 Å². The number of allylic oxidation sites excluding steroid dienone is 1. The maximum absolute atomic E-state index is 12.9. The monoisotopic (exact) mass is 446 g/mol. The van der Waals surface area contributed by atoms with Crippen LogP contribution in [0, 0.1) is 6.92 Å². The van der Waals surface area contributed by atoms with Crippen LogP contribution < -0.4 is 14.8 Å². The smallest absolute Gasteiger partial charge is 0.338 e. The zero-order valence-electron chi connectivity index (χ0n) is 18.9. The van der Waals surface area contributed by atoms with Gasteiger partial charge in [-0.05, 0) is 37.1 Å². The van der Waals surface area contributed by atoms with Crippen molar-refractivity contribution in [2.75, 3.05) is 19.0 Å². The Labute approximate surface area is 192 Å². The van der Waals surface area contributed by atoms with Crippen LogP contribution >= 0.6 is 0 Å². The van der Waals surface area contributed by atoms with E-state index < -0.39 is 12.0 Å². The molecule has 0 saturated heterocycles. The zero-order valence-corrected chi connectivity index (χ0v) is 18.9. The SMILES string of the molecule is C=CCOC(=O)C1=C(C)Nc2ncnn2C1c1ccc(OCc2cccc(C)c2)c(OC)c1. The van der Waals surface area contributed by atoms with Gasteiger partial charge < -0.3 is 19.5 Å². The lowest BCUT2D eigenvalue weighted by Gasteiger charge is -2.28. The minimum Gasteiger partial charge on any atom is -0.493 e. The highest BCUT2D eigenvalue weighted by molar-refractivity contribution is 5.92. The van der Waals surface area contributed by atoms with Crippen molar-refractivity contribution in [1.29, 1.82) is 0 Å². The second kappa shape index (κ2) is 9.60. The average Bonchev–Trinajstić information content (AvgIpc) is 3.28. The van der Waals surface area contributed by atoms with Crippen molar-refractivity contribution in [2.45, 2.75) is 26.5 Å². The standard InChI is InChI=1S/C25H26N4O4/c1-5-11-32-24(30)22-17(3)28-25-26-15-27-29(25)23(22)19-9-10-20(21(13-19)31-4)33-14-18-8-6-7-16(2)12-18/h5-10,12-13,15,23H,1,11,14H2,2-4H3,(H,26,27,28). The van der Waals surface area contributed by atoms with Gasteiger partial charge in [0.15, 0.2) is 11.5 Å². The van der Waals surface area contributed by atoms with Crippen molar-refractivity contribution in [1.82, 2.24) is 14.8 Å². The molecule has 0 radical (unpaired) electrons. The Morgan fingerprint density at radius 2 is 2.06 bits per heavy atom. The Morgan fingerprint density at radius 3 is 2.82 bits per heavy atom. The Bertz CT molecular complexity index is 1210. The summed E-state index contributed by atoms with van der Waals surface area (Å²) in [6.07, 6.45) is 2.97. The molecule has 1 aliphatic heterocycles. The van der Waals surface area contributed by atoms with Gasteiger partial charge in [0, 0.05) is 5.70 Å². The summed E-state index contributed by atoms with van der Waals surface area (Å²) in [4.78, 5) is 17.2. The fraction of sp³-hybridized carbons (Fsp3) is 0.240. The third-order valence-electron chi connectivity index (χ3n) is 5.33. The topological polar surface area (TPSA) is 87.5 Å². The largest absolute Gasteiger partial charge is 0.493 e. The molecule has 0 amide bonds. The maximum Gasteiger partial charge on any atom is 0.338 e. The molecule has 3 aromatic rings. The number of ether oxygens (including phenoxy) is 3. The van der Waals surface area contributed by atoms with Crippen LogP contribution in [0.5, 0.6) is 11.5 Å². The maximum atomic E-state index is 12.9. The Balaban J connectivity index is 1.67. The van der Waals surface area contributed by atoms with Crippen LogP contribution in [0.2, 0.25) is 0 Å². The minimum absolute atomic E-state index is 0.113. The Morgan fingerprint density at radius 1 is 1.21 bits per heavy atom. The van der Waals surface area contributed by atoms with Crippen LogP contribution in [0.3, 0.4) is 0 Å². The molecule has 0 bridgehead atoms. The van der Waals surface area contributed by atoms with E-state index in [1.807, 2.05) is 50.2 Å². The molecule has 8 heteroatoms. The molecule has 8 nitrogen and oxygen atoms in total. The molecule has 2 heterocycles. The van der Waals surface area contributed by atoms with Gasteiger partial charge in [-0.1, -0.05) is 48.6 Å². The van der Waals surface area contributed by atoms with E-state index in [4.69, 9.17) is 14.2 Å². The molecule has 33 heavy (non-hydrogen) atoms. The van der Waals surface area contributed by atoms with E-state index in [-0.39, 0.29) is 6.61 Å². The number of nitrogens with zero attached hydrogens (tertiary/aromatic N) is 3. The summed E-state index contributed by atoms with van der Waals surface area (Å²) in [6, 6.07) is 13.2. The first-order valence-electron chi connectivity index (χ1n) is 10.5. The lowest BCUT2D eigenvalue weighted by atomic mass is 9.95. The minimum atomic E-state index is -0.541. The molecule has 4 rings (SSSR count). The average molecular weight is 447 g/mol. The molecule has 1 N–H and O–H groups in total. The van der Waals surface area contributed by atoms with E-state index in [1.54, 1.807) is 11.8 Å². The highest BCUT2D eigenvalue weighted by atomic mass is 16.5. The quantitative estimate of drug-likeness (QED) is 0.410. The third kappa shape index (κ3) is 4.59. The fourth-order valence-corrected chi connectivity index (χ4v) is 3.81. The molecule has 170 valence electrons. The lowest BCUT2D eigenvalue weighted by molar-refractivity contribution is -0.138. The predicted molar refractivity (Wildman–Crippen MR) is 124 cm³/mol. The lowest BCUT2D eigenvalue weighted by Crippen LogP contribution is -2.29. The van der Waals surface area contributed by atoms with Gasteiger partial charge in [0.1, 0.15) is 25.6 Å². The van der Waals surface area contributed by atoms with Gasteiger partial charge in [0.25, 0.3) is 0 Å². The first-order chi connectivity index (χ1) is 16.0. The van der Waals surface area contributed by atoms with Crippen molar-refractivity contribution in [3.05, 3.63) is 89.4 Å². The Kier molecular flexibility index (Phi) is 6.44. The summed E-state index contributed by atoms with van der Waals surface area (Å²) >= 11 is 0. The van der Waals surface area contributed by atoms with Crippen molar-refractivity contribution in [3.63, 3.8) is 0 Å². The van der Waals surface area contributed by atoms with Crippen molar-refractivity contribution in [2.24, 2.45) is 0 Å². The number of nitrogens with one attached hydrogen (secondary N) is 1. The molecule has 1 aliphatic rings. The molecule has 1 aromatic heterocycles. The Hall–Kier alpha value is -4.07. The number of hydrogen-bond donors (Lipinski definition) is 1. The zero-order chi connectivity index (χ0) is 23.4. The molecular weight excluding hydrogens is 420 g/mol. The van der Waals surface area contributed by atoms with E-state index >= 15 is 0 Å². The van der Waals surface area contributed by atoms with Gasteiger partial charge in [-0.15, -0.1) is 0 Å². The van der Waals surface area contributed by atoms with Crippen LogP contribution in [0.4, 0.5) is 5.95 Å². The molecule has 0 saturated carbocycles. The predicted octanol–water partition coefficient (Wildman–Crippen LogP) is 4.19. The van der Waals surface area contributed by atoms with Gasteiger partial charge in [0.2, 0.25) is 5.95 Å². The molecular formula is C25H26N4O4. The molecule has 2 aromatic carbocycles. The van der Waals surface area contributed by atoms with Crippen LogP contribution in [-0.4, -0.2) is 34.5 Å². The van der Waals surface area contributed by atoms with Gasteiger partial charge in [-0.2, -0.15) is 10.1 Å². The number of esters is 1. The van der Waals surface area contributed by atoms with E-state index in [0.29, 0.717) is 35.3 Å². The number of aromatic nitrogens is 3. The van der Waals surface area contributed by atoms with Crippen molar-refractivity contribution < 1.29 is 19.0 Å². The van der Waals surface area contributed by atoms with Crippen molar-refractivity contribution >= 4 is 11.9 Å². The highest BCUT2D eigenvalue weighted by Gasteiger charge is 2.34. The van der Waals surface area contributed by atoms with Gasteiger partial charge >= 0.3 is 5.97 Å². The normalized spacial score (nSPS) is 14.8. The first-order valence-corrected chi connectivity index (χ1v) is 10.5. The molecule has 0 fully saturated rings. The number of fused-ring (bicyclic) bond motifs is 1. The summed E-state index contributed by atoms with van der Waals surface area (Å²) in [5.74, 6) is 1.24. The molecule has 0 aliphatic carbocycles. The van der Waals surface area contributed by atoms with Crippen LogP contribution in [-0.2, 0) is 16.1 Å². The summed E-state index contributed by atoms with van der Waals surface area (Å²) in [5.41, 5.74) is 4.11. The number of methoxy groups -OCH3 is 1. The van der Waals surface area contributed by atoms with E-state index in [9.17, 15) is 4.79 Å². The number of hydrogen-bond acceptors (Lipinski definition) is 7. The van der Waals surface area contributed by atoms with Crippen LogP contribution in [0.25, 0.3) is 0 Å². The van der Waals surface area contributed by atoms with Gasteiger partial charge in [-0.3, -0.25) is 0 Å². The summed E-state index contributed by atoms with van der Waals surface area (Å²) in [5, 5.41) is 7.45. The van der Waals surface area contributed by atoms with Crippen LogP contribution in [0.15, 0.2) is 72.7 Å². The third-order valence-corrected chi connectivity index (χ3v) is 5.33. The van der Waals surface area contributed by atoms with Crippen molar-refractivity contribution in [3.8, 4) is 11.5 Å². The number of aryl methyl sites for hydroxylation is 1. The number of carbonyl (C=O) groups is 1.